The van der Waals surface area contributed by atoms with Gasteiger partial charge < -0.3 is 4.74 Å². The Balaban J connectivity index is 1.73. The number of esters is 1. The Hall–Kier alpha value is -2.11. The van der Waals surface area contributed by atoms with Crippen molar-refractivity contribution in [3.05, 3.63) is 71.2 Å². The van der Waals surface area contributed by atoms with Crippen molar-refractivity contribution in [2.75, 3.05) is 7.11 Å². The summed E-state index contributed by atoms with van der Waals surface area (Å²) < 4.78 is 4.83. The van der Waals surface area contributed by atoms with E-state index >= 15 is 0 Å². The number of thiazole rings is 1. The molecule has 0 unspecified atom stereocenters. The average Bonchev–Trinajstić information content (AvgIpc) is 3.09. The summed E-state index contributed by atoms with van der Waals surface area (Å²) in [5.41, 5.74) is 2.74. The molecule has 1 aromatic heterocycles. The second-order valence-electron chi connectivity index (χ2n) is 4.79. The van der Waals surface area contributed by atoms with Crippen molar-refractivity contribution >= 4 is 29.1 Å². The fourth-order valence-corrected chi connectivity index (χ4v) is 3.97. The van der Waals surface area contributed by atoms with Crippen molar-refractivity contribution in [3.63, 3.8) is 0 Å². The highest BCUT2D eigenvalue weighted by molar-refractivity contribution is 7.98. The molecule has 0 bridgehead atoms. The Morgan fingerprint density at radius 2 is 1.87 bits per heavy atom. The van der Waals surface area contributed by atoms with E-state index in [2.05, 4.69) is 22.5 Å². The summed E-state index contributed by atoms with van der Waals surface area (Å²) in [7, 11) is 1.40. The number of aromatic nitrogens is 1. The molecule has 3 rings (SSSR count). The van der Waals surface area contributed by atoms with Gasteiger partial charge in [-0.2, -0.15) is 0 Å². The molecule has 0 amide bonds. The van der Waals surface area contributed by atoms with E-state index in [0.717, 1.165) is 26.9 Å². The van der Waals surface area contributed by atoms with Gasteiger partial charge in [-0.15, -0.1) is 23.1 Å². The minimum absolute atomic E-state index is 0.309. The van der Waals surface area contributed by atoms with E-state index in [-0.39, 0.29) is 5.97 Å². The van der Waals surface area contributed by atoms with Gasteiger partial charge in [-0.1, -0.05) is 42.5 Å². The number of benzene rings is 2. The van der Waals surface area contributed by atoms with Gasteiger partial charge in [0.2, 0.25) is 0 Å². The van der Waals surface area contributed by atoms with Crippen LogP contribution in [0.1, 0.15) is 16.1 Å². The molecule has 0 radical (unpaired) electrons. The van der Waals surface area contributed by atoms with Gasteiger partial charge in [0.15, 0.2) is 0 Å². The first-order chi connectivity index (χ1) is 11.3. The van der Waals surface area contributed by atoms with E-state index in [4.69, 9.17) is 4.74 Å². The Kier molecular flexibility index (Phi) is 5.10. The van der Waals surface area contributed by atoms with Gasteiger partial charge in [-0.3, -0.25) is 0 Å². The topological polar surface area (TPSA) is 39.2 Å². The molecule has 0 fully saturated rings. The van der Waals surface area contributed by atoms with Crippen molar-refractivity contribution in [2.24, 2.45) is 0 Å². The average molecular weight is 341 g/mol. The van der Waals surface area contributed by atoms with Crippen LogP contribution in [0, 0.1) is 0 Å². The Morgan fingerprint density at radius 1 is 1.13 bits per heavy atom. The molecule has 1 heterocycles. The third-order valence-electron chi connectivity index (χ3n) is 3.24. The van der Waals surface area contributed by atoms with Crippen LogP contribution in [0.25, 0.3) is 10.6 Å². The molecule has 0 atom stereocenters. The lowest BCUT2D eigenvalue weighted by Gasteiger charge is -2.06. The van der Waals surface area contributed by atoms with E-state index < -0.39 is 0 Å². The highest BCUT2D eigenvalue weighted by atomic mass is 32.2. The van der Waals surface area contributed by atoms with E-state index in [0.29, 0.717) is 5.56 Å². The molecule has 0 saturated carbocycles. The quantitative estimate of drug-likeness (QED) is 0.489. The minimum Gasteiger partial charge on any atom is -0.465 e. The molecule has 3 aromatic rings. The number of hydrogen-bond donors (Lipinski definition) is 0. The van der Waals surface area contributed by atoms with Crippen molar-refractivity contribution < 1.29 is 9.53 Å². The standard InChI is InChI=1S/C18H15NO2S2/c1-21-18(20)15-9-5-6-10-16(15)22-11-14-12-23-17(19-14)13-7-3-2-4-8-13/h2-10,12H,11H2,1H3. The summed E-state index contributed by atoms with van der Waals surface area (Å²) >= 11 is 3.23. The monoisotopic (exact) mass is 341 g/mol. The van der Waals surface area contributed by atoms with E-state index in [9.17, 15) is 4.79 Å². The Bertz CT molecular complexity index is 800. The zero-order valence-electron chi connectivity index (χ0n) is 12.6. The van der Waals surface area contributed by atoms with Gasteiger partial charge in [0.25, 0.3) is 0 Å². The number of thioether (sulfide) groups is 1. The van der Waals surface area contributed by atoms with Gasteiger partial charge in [0, 0.05) is 21.6 Å². The van der Waals surface area contributed by atoms with E-state index in [1.165, 1.54) is 7.11 Å². The number of carbonyl (C=O) groups is 1. The molecule has 0 aliphatic rings. The Morgan fingerprint density at radius 3 is 2.65 bits per heavy atom. The maximum atomic E-state index is 11.8. The molecule has 23 heavy (non-hydrogen) atoms. The molecule has 5 heteroatoms. The number of hydrogen-bond acceptors (Lipinski definition) is 5. The smallest absolute Gasteiger partial charge is 0.338 e. The number of ether oxygens (including phenoxy) is 1. The lowest BCUT2D eigenvalue weighted by Crippen LogP contribution is -2.02. The fraction of sp³-hybridized carbons (Fsp3) is 0.111. The third-order valence-corrected chi connectivity index (χ3v) is 5.29. The molecule has 0 aliphatic carbocycles. The number of rotatable bonds is 5. The molecular formula is C18H15NO2S2. The zero-order valence-corrected chi connectivity index (χ0v) is 14.2. The van der Waals surface area contributed by atoms with Crippen LogP contribution < -0.4 is 0 Å². The van der Waals surface area contributed by atoms with Crippen LogP contribution >= 0.6 is 23.1 Å². The highest BCUT2D eigenvalue weighted by Gasteiger charge is 2.12. The number of nitrogens with zero attached hydrogens (tertiary/aromatic N) is 1. The minimum atomic E-state index is -0.309. The SMILES string of the molecule is COC(=O)c1ccccc1SCc1csc(-c2ccccc2)n1. The summed E-state index contributed by atoms with van der Waals surface area (Å²) in [5, 5.41) is 3.08. The largest absolute Gasteiger partial charge is 0.465 e. The lowest BCUT2D eigenvalue weighted by molar-refractivity contribution is 0.0597. The summed E-state index contributed by atoms with van der Waals surface area (Å²) in [6.07, 6.45) is 0. The second-order valence-corrected chi connectivity index (χ2v) is 6.66. The van der Waals surface area contributed by atoms with Crippen LogP contribution in [0.4, 0.5) is 0 Å². The summed E-state index contributed by atoms with van der Waals surface area (Å²) in [4.78, 5) is 17.4. The molecule has 3 nitrogen and oxygen atoms in total. The van der Waals surface area contributed by atoms with Crippen LogP contribution in [-0.4, -0.2) is 18.1 Å². The van der Waals surface area contributed by atoms with Crippen molar-refractivity contribution in [1.29, 1.82) is 0 Å². The first-order valence-electron chi connectivity index (χ1n) is 7.08. The Labute approximate surface area is 143 Å². The van der Waals surface area contributed by atoms with Crippen LogP contribution in [0.3, 0.4) is 0 Å². The first kappa shape index (κ1) is 15.8. The molecule has 0 saturated heterocycles. The van der Waals surface area contributed by atoms with Gasteiger partial charge in [0.1, 0.15) is 5.01 Å². The van der Waals surface area contributed by atoms with Gasteiger partial charge in [-0.05, 0) is 12.1 Å². The van der Waals surface area contributed by atoms with Crippen molar-refractivity contribution in [2.45, 2.75) is 10.6 Å². The normalized spacial score (nSPS) is 10.5. The van der Waals surface area contributed by atoms with Crippen molar-refractivity contribution in [3.8, 4) is 10.6 Å². The van der Waals surface area contributed by atoms with Crippen LogP contribution in [0.15, 0.2) is 64.9 Å². The summed E-state index contributed by atoms with van der Waals surface area (Å²) in [6.45, 7) is 0. The first-order valence-corrected chi connectivity index (χ1v) is 8.94. The molecule has 0 N–H and O–H groups in total. The predicted molar refractivity (Wildman–Crippen MR) is 94.9 cm³/mol. The molecule has 2 aromatic carbocycles. The predicted octanol–water partition coefficient (Wildman–Crippen LogP) is 4.89. The maximum Gasteiger partial charge on any atom is 0.338 e. The zero-order chi connectivity index (χ0) is 16.1. The number of methoxy groups -OCH3 is 1. The number of carbonyl (C=O) groups excluding carboxylic acids is 1. The highest BCUT2D eigenvalue weighted by Crippen LogP contribution is 2.29. The van der Waals surface area contributed by atoms with Crippen molar-refractivity contribution in [1.82, 2.24) is 4.98 Å². The lowest BCUT2D eigenvalue weighted by atomic mass is 10.2. The van der Waals surface area contributed by atoms with Gasteiger partial charge in [0.05, 0.1) is 18.4 Å². The van der Waals surface area contributed by atoms with Gasteiger partial charge >= 0.3 is 5.97 Å². The van der Waals surface area contributed by atoms with Crippen LogP contribution in [0.5, 0.6) is 0 Å². The van der Waals surface area contributed by atoms with E-state index in [1.807, 2.05) is 36.4 Å². The van der Waals surface area contributed by atoms with E-state index in [1.54, 1.807) is 29.2 Å². The van der Waals surface area contributed by atoms with Crippen LogP contribution in [0.2, 0.25) is 0 Å². The fourth-order valence-electron chi connectivity index (χ4n) is 2.11. The van der Waals surface area contributed by atoms with Crippen LogP contribution in [-0.2, 0) is 10.5 Å². The maximum absolute atomic E-state index is 11.8. The second kappa shape index (κ2) is 7.44. The van der Waals surface area contributed by atoms with Gasteiger partial charge in [-0.25, -0.2) is 9.78 Å². The molecule has 0 aliphatic heterocycles. The summed E-state index contributed by atoms with van der Waals surface area (Å²) in [5.74, 6) is 0.411. The molecule has 0 spiro atoms. The molecule has 116 valence electrons. The summed E-state index contributed by atoms with van der Waals surface area (Å²) in [6, 6.07) is 17.6. The molecular weight excluding hydrogens is 326 g/mol. The third kappa shape index (κ3) is 3.81.